The first kappa shape index (κ1) is 35.0. The second-order valence-corrected chi connectivity index (χ2v) is 12.6. The van der Waals surface area contributed by atoms with Crippen LogP contribution < -0.4 is 9.47 Å². The number of ketones is 1. The summed E-state index contributed by atoms with van der Waals surface area (Å²) in [4.78, 5) is 12.7. The van der Waals surface area contributed by atoms with E-state index in [1.165, 1.54) is 56.1 Å². The van der Waals surface area contributed by atoms with E-state index >= 15 is 0 Å². The molecule has 2 N–H and O–H groups in total. The minimum Gasteiger partial charge on any atom is -0.508 e. The number of benzene rings is 4. The Morgan fingerprint density at radius 1 is 0.717 bits per heavy atom. The fraction of sp³-hybridized carbons (Fsp3) is 0.439. The fourth-order valence-electron chi connectivity index (χ4n) is 6.11. The molecule has 0 aliphatic carbocycles. The number of aryl methyl sites for hydroxylation is 3. The summed E-state index contributed by atoms with van der Waals surface area (Å²) in [5, 5.41) is 22.2. The molecular weight excluding hydrogens is 572 g/mol. The topological polar surface area (TPSA) is 76.0 Å². The first-order valence-electron chi connectivity index (χ1n) is 17.2. The van der Waals surface area contributed by atoms with E-state index in [9.17, 15) is 15.0 Å². The Hall–Kier alpha value is -3.83. The van der Waals surface area contributed by atoms with Gasteiger partial charge in [0.15, 0.2) is 11.5 Å². The van der Waals surface area contributed by atoms with E-state index in [1.54, 1.807) is 19.2 Å². The maximum Gasteiger partial charge on any atom is 0.161 e. The Kier molecular flexibility index (Phi) is 14.5. The lowest BCUT2D eigenvalue weighted by Gasteiger charge is -2.13. The van der Waals surface area contributed by atoms with E-state index in [2.05, 4.69) is 31.2 Å². The molecular formula is C41H52O5. The largest absolute Gasteiger partial charge is 0.508 e. The van der Waals surface area contributed by atoms with E-state index in [-0.39, 0.29) is 18.0 Å². The highest BCUT2D eigenvalue weighted by molar-refractivity contribution is 5.84. The number of methoxy groups -OCH3 is 1. The molecule has 0 amide bonds. The lowest BCUT2D eigenvalue weighted by Crippen LogP contribution is -2.14. The van der Waals surface area contributed by atoms with E-state index < -0.39 is 6.10 Å². The second kappa shape index (κ2) is 19.0. The van der Waals surface area contributed by atoms with Crippen molar-refractivity contribution in [3.8, 4) is 17.2 Å². The fourth-order valence-corrected chi connectivity index (χ4v) is 6.11. The molecule has 4 rings (SSSR count). The molecule has 5 nitrogen and oxygen atoms in total. The summed E-state index contributed by atoms with van der Waals surface area (Å²) >= 11 is 0. The quantitative estimate of drug-likeness (QED) is 0.0903. The Morgan fingerprint density at radius 2 is 1.39 bits per heavy atom. The van der Waals surface area contributed by atoms with Crippen LogP contribution in [0.15, 0.2) is 78.9 Å². The van der Waals surface area contributed by atoms with Crippen LogP contribution in [0.1, 0.15) is 99.8 Å². The summed E-state index contributed by atoms with van der Waals surface area (Å²) in [5.74, 6) is 1.61. The van der Waals surface area contributed by atoms with Crippen LogP contribution in [0, 0.1) is 0 Å². The van der Waals surface area contributed by atoms with E-state index in [4.69, 9.17) is 9.47 Å². The molecule has 46 heavy (non-hydrogen) atoms. The van der Waals surface area contributed by atoms with Crippen molar-refractivity contribution in [3.63, 3.8) is 0 Å². The summed E-state index contributed by atoms with van der Waals surface area (Å²) in [7, 11) is 1.62. The maximum atomic E-state index is 12.7. The number of hydrogen-bond donors (Lipinski definition) is 2. The Labute approximate surface area is 275 Å². The molecule has 0 fully saturated rings. The van der Waals surface area contributed by atoms with Gasteiger partial charge < -0.3 is 19.7 Å². The van der Waals surface area contributed by atoms with Crippen LogP contribution in [0.25, 0.3) is 10.8 Å². The van der Waals surface area contributed by atoms with Crippen molar-refractivity contribution in [2.45, 2.75) is 110 Å². The first-order chi connectivity index (χ1) is 22.4. The van der Waals surface area contributed by atoms with Gasteiger partial charge in [0, 0.05) is 12.8 Å². The number of fused-ring (bicyclic) bond motifs is 1. The molecule has 0 heterocycles. The SMILES string of the molecule is CCCCCc1ccccc1CCCCCCC[C@H](O)CC(=O)CCc1ccc(OC)c(OCc2ccc3cc(O)ccc3c2)c1. The normalized spacial score (nSPS) is 11.9. The van der Waals surface area contributed by atoms with Crippen molar-refractivity contribution in [3.05, 3.63) is 101 Å². The third-order valence-electron chi connectivity index (χ3n) is 8.82. The number of carbonyl (C=O) groups is 1. The van der Waals surface area contributed by atoms with Gasteiger partial charge in [0.25, 0.3) is 0 Å². The Bertz CT molecular complexity index is 1510. The molecule has 4 aromatic rings. The zero-order valence-corrected chi connectivity index (χ0v) is 27.8. The summed E-state index contributed by atoms with van der Waals surface area (Å²) in [6.07, 6.45) is 13.1. The van der Waals surface area contributed by atoms with Gasteiger partial charge in [-0.25, -0.2) is 0 Å². The van der Waals surface area contributed by atoms with Crippen LogP contribution in [0.4, 0.5) is 0 Å². The van der Waals surface area contributed by atoms with E-state index in [1.807, 2.05) is 42.5 Å². The smallest absolute Gasteiger partial charge is 0.161 e. The molecule has 0 saturated heterocycles. The predicted octanol–water partition coefficient (Wildman–Crippen LogP) is 9.70. The lowest BCUT2D eigenvalue weighted by molar-refractivity contribution is -0.121. The van der Waals surface area contributed by atoms with Crippen LogP contribution in [0.3, 0.4) is 0 Å². The molecule has 1 atom stereocenters. The lowest BCUT2D eigenvalue weighted by atomic mass is 9.96. The van der Waals surface area contributed by atoms with Gasteiger partial charge in [-0.15, -0.1) is 0 Å². The monoisotopic (exact) mass is 624 g/mol. The molecule has 0 aromatic heterocycles. The third kappa shape index (κ3) is 11.5. The number of phenolic OH excluding ortho intramolecular Hbond substituents is 1. The van der Waals surface area contributed by atoms with Gasteiger partial charge in [-0.2, -0.15) is 0 Å². The average molecular weight is 625 g/mol. The molecule has 0 aliphatic heterocycles. The Morgan fingerprint density at radius 3 is 2.15 bits per heavy atom. The highest BCUT2D eigenvalue weighted by Crippen LogP contribution is 2.30. The van der Waals surface area contributed by atoms with Gasteiger partial charge in [-0.1, -0.05) is 94.0 Å². The number of aromatic hydroxyl groups is 1. The zero-order valence-electron chi connectivity index (χ0n) is 27.8. The molecule has 0 saturated carbocycles. The number of aliphatic hydroxyl groups excluding tert-OH is 1. The first-order valence-corrected chi connectivity index (χ1v) is 17.2. The molecule has 0 spiro atoms. The van der Waals surface area contributed by atoms with Crippen molar-refractivity contribution < 1.29 is 24.5 Å². The highest BCUT2D eigenvalue weighted by atomic mass is 16.5. The second-order valence-electron chi connectivity index (χ2n) is 12.6. The van der Waals surface area contributed by atoms with Crippen LogP contribution in [0.2, 0.25) is 0 Å². The van der Waals surface area contributed by atoms with Gasteiger partial charge >= 0.3 is 0 Å². The summed E-state index contributed by atoms with van der Waals surface area (Å²) in [5.41, 5.74) is 5.03. The predicted molar refractivity (Wildman–Crippen MR) is 188 cm³/mol. The average Bonchev–Trinajstić information content (AvgIpc) is 3.06. The van der Waals surface area contributed by atoms with Gasteiger partial charge in [0.1, 0.15) is 18.1 Å². The van der Waals surface area contributed by atoms with Crippen molar-refractivity contribution in [1.82, 2.24) is 0 Å². The standard InChI is InChI=1S/C41H52O5/c1-3-4-8-13-33-15-11-12-16-34(33)14-9-6-5-7-10-17-37(42)29-39(44)23-19-31-20-25-40(45-2)41(27-31)46-30-32-18-21-36-28-38(43)24-22-35(36)26-32/h11-12,15-16,18,20-22,24-28,37,42-43H,3-10,13-14,17,19,23,29-30H2,1-2H3/t37-/m0/s1. The molecule has 5 heteroatoms. The maximum absolute atomic E-state index is 12.7. The summed E-state index contributed by atoms with van der Waals surface area (Å²) < 4.78 is 11.6. The van der Waals surface area contributed by atoms with Crippen molar-refractivity contribution in [1.29, 1.82) is 0 Å². The summed E-state index contributed by atoms with van der Waals surface area (Å²) in [6, 6.07) is 26.0. The number of ether oxygens (including phenoxy) is 2. The molecule has 0 radical (unpaired) electrons. The number of unbranched alkanes of at least 4 members (excludes halogenated alkanes) is 6. The van der Waals surface area contributed by atoms with Crippen molar-refractivity contribution in [2.75, 3.05) is 7.11 Å². The molecule has 0 bridgehead atoms. The van der Waals surface area contributed by atoms with E-state index in [0.29, 0.717) is 37.4 Å². The zero-order chi connectivity index (χ0) is 32.6. The van der Waals surface area contributed by atoms with Gasteiger partial charge in [0.05, 0.1) is 13.2 Å². The third-order valence-corrected chi connectivity index (χ3v) is 8.82. The number of aliphatic hydroxyl groups is 1. The Balaban J connectivity index is 1.12. The minimum atomic E-state index is -0.567. The minimum absolute atomic E-state index is 0.0885. The van der Waals surface area contributed by atoms with Crippen molar-refractivity contribution in [2.24, 2.45) is 0 Å². The van der Waals surface area contributed by atoms with Gasteiger partial charge in [0.2, 0.25) is 0 Å². The van der Waals surface area contributed by atoms with E-state index in [0.717, 1.165) is 41.2 Å². The van der Waals surface area contributed by atoms with Crippen LogP contribution in [-0.4, -0.2) is 29.2 Å². The number of rotatable bonds is 21. The number of hydrogen-bond acceptors (Lipinski definition) is 5. The molecule has 0 aliphatic rings. The van der Waals surface area contributed by atoms with Gasteiger partial charge in [-0.05, 0) is 102 Å². The number of phenols is 1. The number of carbonyl (C=O) groups excluding carboxylic acids is 1. The molecule has 246 valence electrons. The number of Topliss-reactive ketones (excluding diaryl/α,β-unsaturated/α-hetero) is 1. The van der Waals surface area contributed by atoms with Crippen LogP contribution >= 0.6 is 0 Å². The highest BCUT2D eigenvalue weighted by Gasteiger charge is 2.13. The summed E-state index contributed by atoms with van der Waals surface area (Å²) in [6.45, 7) is 2.62. The van der Waals surface area contributed by atoms with Crippen LogP contribution in [-0.2, 0) is 30.7 Å². The van der Waals surface area contributed by atoms with Gasteiger partial charge in [-0.3, -0.25) is 4.79 Å². The molecule has 4 aromatic carbocycles. The van der Waals surface area contributed by atoms with Crippen LogP contribution in [0.5, 0.6) is 17.2 Å². The molecule has 0 unspecified atom stereocenters. The van der Waals surface area contributed by atoms with Crippen molar-refractivity contribution >= 4 is 16.6 Å².